The van der Waals surface area contributed by atoms with Crippen LogP contribution in [0.5, 0.6) is 5.75 Å². The zero-order chi connectivity index (χ0) is 13.5. The fraction of sp³-hybridized carbons (Fsp3) is 0.500. The summed E-state index contributed by atoms with van der Waals surface area (Å²) in [6.45, 7) is 6.06. The van der Waals surface area contributed by atoms with Crippen molar-refractivity contribution in [1.29, 1.82) is 0 Å². The van der Waals surface area contributed by atoms with Gasteiger partial charge in [-0.3, -0.25) is 4.79 Å². The van der Waals surface area contributed by atoms with Crippen molar-refractivity contribution >= 4 is 5.91 Å². The van der Waals surface area contributed by atoms with Crippen LogP contribution in [0.15, 0.2) is 18.2 Å². The molecule has 0 fully saturated rings. The number of nitrogens with one attached hydrogen (secondary N) is 1. The van der Waals surface area contributed by atoms with E-state index < -0.39 is 6.10 Å². The molecular weight excluding hydrogens is 230 g/mol. The Bertz CT molecular complexity index is 404. The van der Waals surface area contributed by atoms with Crippen molar-refractivity contribution in [1.82, 2.24) is 5.32 Å². The Morgan fingerprint density at radius 1 is 1.44 bits per heavy atom. The Balaban J connectivity index is 2.38. The number of carbonyl (C=O) groups excluding carboxylic acids is 1. The van der Waals surface area contributed by atoms with Gasteiger partial charge in [0.15, 0.2) is 6.61 Å². The summed E-state index contributed by atoms with van der Waals surface area (Å²) in [5, 5.41) is 11.9. The van der Waals surface area contributed by atoms with Crippen LogP contribution in [-0.2, 0) is 4.79 Å². The molecule has 0 aliphatic carbocycles. The van der Waals surface area contributed by atoms with Crippen molar-refractivity contribution in [3.8, 4) is 5.75 Å². The summed E-state index contributed by atoms with van der Waals surface area (Å²) in [6.07, 6.45) is 0.133. The van der Waals surface area contributed by atoms with E-state index in [4.69, 9.17) is 4.74 Å². The molecule has 18 heavy (non-hydrogen) atoms. The Hall–Kier alpha value is -1.55. The highest BCUT2D eigenvalue weighted by Crippen LogP contribution is 2.18. The quantitative estimate of drug-likeness (QED) is 0.807. The van der Waals surface area contributed by atoms with E-state index in [2.05, 4.69) is 5.32 Å². The number of ether oxygens (including phenoxy) is 1. The fourth-order valence-corrected chi connectivity index (χ4v) is 1.53. The van der Waals surface area contributed by atoms with Gasteiger partial charge in [-0.1, -0.05) is 24.6 Å². The first kappa shape index (κ1) is 14.5. The Labute approximate surface area is 108 Å². The molecule has 100 valence electrons. The molecule has 0 heterocycles. The van der Waals surface area contributed by atoms with Gasteiger partial charge in [0.05, 0.1) is 6.10 Å². The second-order valence-electron chi connectivity index (χ2n) is 4.42. The van der Waals surface area contributed by atoms with E-state index in [1.807, 2.05) is 39.0 Å². The monoisotopic (exact) mass is 251 g/mol. The molecule has 1 aromatic carbocycles. The molecule has 0 aliphatic heterocycles. The molecule has 0 spiro atoms. The van der Waals surface area contributed by atoms with Gasteiger partial charge in [-0.05, 0) is 31.9 Å². The molecule has 1 amide bonds. The lowest BCUT2D eigenvalue weighted by Crippen LogP contribution is -2.35. The van der Waals surface area contributed by atoms with Gasteiger partial charge < -0.3 is 15.2 Å². The molecule has 0 saturated heterocycles. The maximum atomic E-state index is 11.5. The van der Waals surface area contributed by atoms with Crippen LogP contribution >= 0.6 is 0 Å². The smallest absolute Gasteiger partial charge is 0.258 e. The van der Waals surface area contributed by atoms with Crippen LogP contribution in [0.1, 0.15) is 24.5 Å². The van der Waals surface area contributed by atoms with E-state index in [1.165, 1.54) is 0 Å². The maximum absolute atomic E-state index is 11.5. The predicted octanol–water partition coefficient (Wildman–Crippen LogP) is 1.57. The third-order valence-electron chi connectivity index (χ3n) is 2.70. The molecule has 1 unspecified atom stereocenters. The molecule has 0 bridgehead atoms. The Kier molecular flexibility index (Phi) is 5.65. The number of benzene rings is 1. The van der Waals surface area contributed by atoms with Crippen LogP contribution in [0, 0.1) is 13.8 Å². The number of rotatable bonds is 6. The van der Waals surface area contributed by atoms with Crippen molar-refractivity contribution in [2.24, 2.45) is 0 Å². The highest BCUT2D eigenvalue weighted by molar-refractivity contribution is 5.77. The lowest BCUT2D eigenvalue weighted by molar-refractivity contribution is -0.123. The van der Waals surface area contributed by atoms with E-state index in [0.717, 1.165) is 11.1 Å². The number of hydrogen-bond acceptors (Lipinski definition) is 3. The number of aryl methyl sites for hydroxylation is 2. The van der Waals surface area contributed by atoms with Crippen LogP contribution in [-0.4, -0.2) is 30.3 Å². The minimum Gasteiger partial charge on any atom is -0.484 e. The first-order valence-corrected chi connectivity index (χ1v) is 6.17. The molecule has 1 rings (SSSR count). The lowest BCUT2D eigenvalue weighted by atomic mass is 10.1. The fourth-order valence-electron chi connectivity index (χ4n) is 1.53. The average Bonchev–Trinajstić information content (AvgIpc) is 2.34. The molecule has 0 radical (unpaired) electrons. The first-order valence-electron chi connectivity index (χ1n) is 6.17. The van der Waals surface area contributed by atoms with Gasteiger partial charge in [0.1, 0.15) is 5.75 Å². The molecular formula is C14H21NO3. The third kappa shape index (κ3) is 4.75. The highest BCUT2D eigenvalue weighted by atomic mass is 16.5. The summed E-state index contributed by atoms with van der Waals surface area (Å²) in [4.78, 5) is 11.5. The number of aliphatic hydroxyl groups is 1. The van der Waals surface area contributed by atoms with Gasteiger partial charge in [-0.15, -0.1) is 0 Å². The Morgan fingerprint density at radius 3 is 2.78 bits per heavy atom. The SMILES string of the molecule is CCC(O)CNC(=O)COc1ccc(C)cc1C. The van der Waals surface area contributed by atoms with Gasteiger partial charge in [0.2, 0.25) is 0 Å². The molecule has 0 saturated carbocycles. The maximum Gasteiger partial charge on any atom is 0.258 e. The van der Waals surface area contributed by atoms with Crippen molar-refractivity contribution < 1.29 is 14.6 Å². The second kappa shape index (κ2) is 7.01. The number of carbonyl (C=O) groups is 1. The van der Waals surface area contributed by atoms with Crippen LogP contribution in [0.2, 0.25) is 0 Å². The highest BCUT2D eigenvalue weighted by Gasteiger charge is 2.07. The van der Waals surface area contributed by atoms with E-state index in [9.17, 15) is 9.90 Å². The van der Waals surface area contributed by atoms with Gasteiger partial charge in [0.25, 0.3) is 5.91 Å². The molecule has 2 N–H and O–H groups in total. The van der Waals surface area contributed by atoms with Crippen LogP contribution in [0.3, 0.4) is 0 Å². The summed E-state index contributed by atoms with van der Waals surface area (Å²) < 4.78 is 5.43. The minimum atomic E-state index is -0.491. The normalized spacial score (nSPS) is 12.0. The van der Waals surface area contributed by atoms with Gasteiger partial charge in [0, 0.05) is 6.54 Å². The summed E-state index contributed by atoms with van der Waals surface area (Å²) in [5.74, 6) is 0.495. The predicted molar refractivity (Wildman–Crippen MR) is 70.7 cm³/mol. The lowest BCUT2D eigenvalue weighted by Gasteiger charge is -2.11. The largest absolute Gasteiger partial charge is 0.484 e. The molecule has 1 atom stereocenters. The summed E-state index contributed by atoms with van der Waals surface area (Å²) in [7, 11) is 0. The zero-order valence-electron chi connectivity index (χ0n) is 11.2. The van der Waals surface area contributed by atoms with Crippen molar-refractivity contribution in [2.45, 2.75) is 33.3 Å². The van der Waals surface area contributed by atoms with Crippen LogP contribution in [0.25, 0.3) is 0 Å². The Morgan fingerprint density at radius 2 is 2.17 bits per heavy atom. The molecule has 1 aromatic rings. The van der Waals surface area contributed by atoms with E-state index in [1.54, 1.807) is 0 Å². The number of amides is 1. The van der Waals surface area contributed by atoms with Crippen molar-refractivity contribution in [2.75, 3.05) is 13.2 Å². The van der Waals surface area contributed by atoms with Crippen molar-refractivity contribution in [3.05, 3.63) is 29.3 Å². The average molecular weight is 251 g/mol. The first-order chi connectivity index (χ1) is 8.52. The summed E-state index contributed by atoms with van der Waals surface area (Å²) >= 11 is 0. The zero-order valence-corrected chi connectivity index (χ0v) is 11.2. The number of aliphatic hydroxyl groups excluding tert-OH is 1. The summed E-state index contributed by atoms with van der Waals surface area (Å²) in [5.41, 5.74) is 2.17. The van der Waals surface area contributed by atoms with E-state index in [0.29, 0.717) is 12.2 Å². The summed E-state index contributed by atoms with van der Waals surface area (Å²) in [6, 6.07) is 5.81. The molecule has 4 nitrogen and oxygen atoms in total. The standard InChI is InChI=1S/C14H21NO3/c1-4-12(16)8-15-14(17)9-18-13-6-5-10(2)7-11(13)3/h5-7,12,16H,4,8-9H2,1-3H3,(H,15,17). The molecule has 0 aliphatic rings. The van der Waals surface area contributed by atoms with Crippen LogP contribution < -0.4 is 10.1 Å². The van der Waals surface area contributed by atoms with Gasteiger partial charge in [-0.2, -0.15) is 0 Å². The van der Waals surface area contributed by atoms with E-state index >= 15 is 0 Å². The molecule has 0 aromatic heterocycles. The topological polar surface area (TPSA) is 58.6 Å². The number of hydrogen-bond donors (Lipinski definition) is 2. The second-order valence-corrected chi connectivity index (χ2v) is 4.42. The third-order valence-corrected chi connectivity index (χ3v) is 2.70. The van der Waals surface area contributed by atoms with Gasteiger partial charge in [-0.25, -0.2) is 0 Å². The van der Waals surface area contributed by atoms with Crippen molar-refractivity contribution in [3.63, 3.8) is 0 Å². The van der Waals surface area contributed by atoms with Gasteiger partial charge >= 0.3 is 0 Å². The van der Waals surface area contributed by atoms with Crippen LogP contribution in [0.4, 0.5) is 0 Å². The van der Waals surface area contributed by atoms with E-state index in [-0.39, 0.29) is 19.1 Å². The minimum absolute atomic E-state index is 0.0274. The molecule has 4 heteroatoms.